The van der Waals surface area contributed by atoms with Gasteiger partial charge in [0.2, 0.25) is 0 Å². The third-order valence-corrected chi connectivity index (χ3v) is 2.51. The maximum absolute atomic E-state index is 9.79. The molecule has 0 saturated heterocycles. The van der Waals surface area contributed by atoms with Gasteiger partial charge in [0.05, 0.1) is 0 Å². The Bertz CT molecular complexity index is 451. The number of rotatable bonds is 4. The number of aromatic nitrogens is 2. The minimum atomic E-state index is 0.375. The van der Waals surface area contributed by atoms with E-state index in [-0.39, 0.29) is 0 Å². The summed E-state index contributed by atoms with van der Waals surface area (Å²) in [7, 11) is 0. The smallest absolute Gasteiger partial charge is 0.122 e. The Morgan fingerprint density at radius 3 is 2.94 bits per heavy atom. The molecule has 3 N–H and O–H groups in total. The van der Waals surface area contributed by atoms with Gasteiger partial charge in [0.15, 0.2) is 0 Å². The fourth-order valence-corrected chi connectivity index (χ4v) is 1.58. The van der Waals surface area contributed by atoms with Gasteiger partial charge in [0.1, 0.15) is 5.75 Å². The van der Waals surface area contributed by atoms with Gasteiger partial charge >= 0.3 is 0 Å². The zero-order chi connectivity index (χ0) is 11.4. The van der Waals surface area contributed by atoms with Crippen LogP contribution in [0.4, 0.5) is 0 Å². The number of hydrogen-bond donors (Lipinski definition) is 3. The Kier molecular flexibility index (Phi) is 3.22. The molecule has 0 aliphatic rings. The van der Waals surface area contributed by atoms with Gasteiger partial charge in [-0.25, -0.2) is 0 Å². The van der Waals surface area contributed by atoms with Crippen molar-refractivity contribution in [3.63, 3.8) is 0 Å². The van der Waals surface area contributed by atoms with E-state index >= 15 is 0 Å². The first-order valence-corrected chi connectivity index (χ1v) is 5.24. The topological polar surface area (TPSA) is 60.9 Å². The molecule has 16 heavy (non-hydrogen) atoms. The van der Waals surface area contributed by atoms with Crippen molar-refractivity contribution in [3.8, 4) is 5.75 Å². The van der Waals surface area contributed by atoms with Crippen LogP contribution in [0.1, 0.15) is 16.8 Å². The van der Waals surface area contributed by atoms with Crippen molar-refractivity contribution in [2.45, 2.75) is 20.0 Å². The predicted molar refractivity (Wildman–Crippen MR) is 62.0 cm³/mol. The zero-order valence-electron chi connectivity index (χ0n) is 9.20. The standard InChI is InChI=1S/C12H15N3O/c1-9-3-2-4-10(12(9)16)7-13-8-11-5-6-14-15-11/h2-6,13,16H,7-8H2,1H3,(H,14,15). The molecule has 1 heterocycles. The van der Waals surface area contributed by atoms with Gasteiger partial charge in [-0.1, -0.05) is 18.2 Å². The summed E-state index contributed by atoms with van der Waals surface area (Å²) in [5, 5.41) is 19.8. The highest BCUT2D eigenvalue weighted by molar-refractivity contribution is 5.39. The number of phenols is 1. The summed E-state index contributed by atoms with van der Waals surface area (Å²) in [5.74, 6) is 0.375. The largest absolute Gasteiger partial charge is 0.507 e. The predicted octanol–water partition coefficient (Wildman–Crippen LogP) is 1.71. The summed E-state index contributed by atoms with van der Waals surface area (Å²) >= 11 is 0. The molecular weight excluding hydrogens is 202 g/mol. The molecule has 4 nitrogen and oxygen atoms in total. The quantitative estimate of drug-likeness (QED) is 0.730. The minimum absolute atomic E-state index is 0.375. The van der Waals surface area contributed by atoms with Gasteiger partial charge < -0.3 is 10.4 Å². The molecule has 0 radical (unpaired) electrons. The van der Waals surface area contributed by atoms with Crippen LogP contribution in [0.15, 0.2) is 30.5 Å². The van der Waals surface area contributed by atoms with Crippen LogP contribution in [0.5, 0.6) is 5.75 Å². The molecule has 0 bridgehead atoms. The molecule has 0 aliphatic heterocycles. The number of phenolic OH excluding ortho intramolecular Hbond substituents is 1. The van der Waals surface area contributed by atoms with E-state index in [0.29, 0.717) is 18.8 Å². The van der Waals surface area contributed by atoms with Gasteiger partial charge in [-0.2, -0.15) is 5.10 Å². The second-order valence-corrected chi connectivity index (χ2v) is 3.77. The molecule has 4 heteroatoms. The van der Waals surface area contributed by atoms with Crippen molar-refractivity contribution in [1.29, 1.82) is 0 Å². The number of aromatic hydroxyl groups is 1. The first kappa shape index (κ1) is 10.7. The average Bonchev–Trinajstić information content (AvgIpc) is 2.77. The lowest BCUT2D eigenvalue weighted by Gasteiger charge is -2.07. The fraction of sp³-hybridized carbons (Fsp3) is 0.250. The Morgan fingerprint density at radius 2 is 2.19 bits per heavy atom. The summed E-state index contributed by atoms with van der Waals surface area (Å²) in [4.78, 5) is 0. The van der Waals surface area contributed by atoms with Crippen molar-refractivity contribution >= 4 is 0 Å². The molecule has 0 aliphatic carbocycles. The maximum atomic E-state index is 9.79. The molecule has 1 aromatic carbocycles. The van der Waals surface area contributed by atoms with E-state index in [9.17, 15) is 5.11 Å². The number of aryl methyl sites for hydroxylation is 1. The number of H-pyrrole nitrogens is 1. The lowest BCUT2D eigenvalue weighted by atomic mass is 10.1. The number of nitrogens with zero attached hydrogens (tertiary/aromatic N) is 1. The van der Waals surface area contributed by atoms with Crippen LogP contribution in [-0.4, -0.2) is 15.3 Å². The molecule has 0 unspecified atom stereocenters. The van der Waals surface area contributed by atoms with Crippen molar-refractivity contribution < 1.29 is 5.11 Å². The normalized spacial score (nSPS) is 10.6. The molecule has 84 valence electrons. The first-order valence-electron chi connectivity index (χ1n) is 5.24. The molecule has 0 amide bonds. The molecule has 1 aromatic heterocycles. The lowest BCUT2D eigenvalue weighted by molar-refractivity contribution is 0.460. The van der Waals surface area contributed by atoms with Crippen molar-refractivity contribution in [1.82, 2.24) is 15.5 Å². The van der Waals surface area contributed by atoms with Crippen LogP contribution in [0.3, 0.4) is 0 Å². The molecule has 2 aromatic rings. The summed E-state index contributed by atoms with van der Waals surface area (Å²) in [6.07, 6.45) is 1.72. The number of nitrogens with one attached hydrogen (secondary N) is 2. The molecule has 0 spiro atoms. The Labute approximate surface area is 94.3 Å². The van der Waals surface area contributed by atoms with E-state index in [2.05, 4.69) is 15.5 Å². The Hall–Kier alpha value is -1.81. The highest BCUT2D eigenvalue weighted by Gasteiger charge is 2.02. The Morgan fingerprint density at radius 1 is 1.31 bits per heavy atom. The van der Waals surface area contributed by atoms with E-state index in [4.69, 9.17) is 0 Å². The number of hydrogen-bond acceptors (Lipinski definition) is 3. The maximum Gasteiger partial charge on any atom is 0.122 e. The van der Waals surface area contributed by atoms with Gasteiger partial charge in [-0.3, -0.25) is 5.10 Å². The first-order chi connectivity index (χ1) is 7.77. The fourth-order valence-electron chi connectivity index (χ4n) is 1.58. The molecule has 0 saturated carbocycles. The molecular formula is C12H15N3O. The Balaban J connectivity index is 1.92. The minimum Gasteiger partial charge on any atom is -0.507 e. The van der Waals surface area contributed by atoms with E-state index < -0.39 is 0 Å². The number of benzene rings is 1. The van der Waals surface area contributed by atoms with Crippen LogP contribution < -0.4 is 5.32 Å². The zero-order valence-corrected chi connectivity index (χ0v) is 9.20. The van der Waals surface area contributed by atoms with Crippen molar-refractivity contribution in [3.05, 3.63) is 47.3 Å². The summed E-state index contributed by atoms with van der Waals surface area (Å²) < 4.78 is 0. The molecule has 2 rings (SSSR count). The molecule has 0 atom stereocenters. The van der Waals surface area contributed by atoms with Crippen LogP contribution in [0, 0.1) is 6.92 Å². The van der Waals surface area contributed by atoms with E-state index in [1.807, 2.05) is 31.2 Å². The van der Waals surface area contributed by atoms with E-state index in [0.717, 1.165) is 16.8 Å². The SMILES string of the molecule is Cc1cccc(CNCc2ccn[nH]2)c1O. The van der Waals surface area contributed by atoms with Crippen molar-refractivity contribution in [2.75, 3.05) is 0 Å². The van der Waals surface area contributed by atoms with E-state index in [1.165, 1.54) is 0 Å². The summed E-state index contributed by atoms with van der Waals surface area (Å²) in [5.41, 5.74) is 2.85. The van der Waals surface area contributed by atoms with Crippen LogP contribution in [0.2, 0.25) is 0 Å². The van der Waals surface area contributed by atoms with Crippen LogP contribution in [-0.2, 0) is 13.1 Å². The van der Waals surface area contributed by atoms with Gasteiger partial charge in [0, 0.05) is 30.5 Å². The molecule has 0 fully saturated rings. The highest BCUT2D eigenvalue weighted by atomic mass is 16.3. The van der Waals surface area contributed by atoms with Crippen LogP contribution in [0.25, 0.3) is 0 Å². The number of aromatic amines is 1. The summed E-state index contributed by atoms with van der Waals surface area (Å²) in [6, 6.07) is 7.68. The van der Waals surface area contributed by atoms with Crippen LogP contribution >= 0.6 is 0 Å². The lowest BCUT2D eigenvalue weighted by Crippen LogP contribution is -2.13. The third kappa shape index (κ3) is 2.41. The second-order valence-electron chi connectivity index (χ2n) is 3.77. The third-order valence-electron chi connectivity index (χ3n) is 2.51. The average molecular weight is 217 g/mol. The van der Waals surface area contributed by atoms with Crippen molar-refractivity contribution in [2.24, 2.45) is 0 Å². The number of para-hydroxylation sites is 1. The monoisotopic (exact) mass is 217 g/mol. The highest BCUT2D eigenvalue weighted by Crippen LogP contribution is 2.20. The van der Waals surface area contributed by atoms with Gasteiger partial charge in [-0.05, 0) is 18.6 Å². The van der Waals surface area contributed by atoms with E-state index in [1.54, 1.807) is 6.20 Å². The van der Waals surface area contributed by atoms with Gasteiger partial charge in [0.25, 0.3) is 0 Å². The second kappa shape index (κ2) is 4.81. The summed E-state index contributed by atoms with van der Waals surface area (Å²) in [6.45, 7) is 3.26. The van der Waals surface area contributed by atoms with Gasteiger partial charge in [-0.15, -0.1) is 0 Å².